The van der Waals surface area contributed by atoms with E-state index in [9.17, 15) is 9.59 Å². The van der Waals surface area contributed by atoms with Crippen LogP contribution in [0.2, 0.25) is 0 Å². The maximum absolute atomic E-state index is 11.6. The van der Waals surface area contributed by atoms with Gasteiger partial charge in [0.2, 0.25) is 6.79 Å². The van der Waals surface area contributed by atoms with Crippen LogP contribution in [0, 0.1) is 0 Å². The molecule has 1 aromatic rings. The fourth-order valence-corrected chi connectivity index (χ4v) is 1.36. The number of hydrogen-bond donors (Lipinski definition) is 1. The molecule has 0 radical (unpaired) electrons. The summed E-state index contributed by atoms with van der Waals surface area (Å²) in [5.74, 6) is 0.262. The minimum absolute atomic E-state index is 0.155. The summed E-state index contributed by atoms with van der Waals surface area (Å²) in [6, 6.07) is 4.81. The van der Waals surface area contributed by atoms with Gasteiger partial charge >= 0.3 is 5.97 Å². The normalized spacial score (nSPS) is 12.1. The van der Waals surface area contributed by atoms with E-state index in [-0.39, 0.29) is 19.2 Å². The molecule has 6 heteroatoms. The molecule has 1 N–H and O–H groups in total. The van der Waals surface area contributed by atoms with E-state index in [1.807, 2.05) is 0 Å². The molecule has 17 heavy (non-hydrogen) atoms. The second-order valence-electron chi connectivity index (χ2n) is 3.33. The van der Waals surface area contributed by atoms with Crippen LogP contribution in [0.3, 0.4) is 0 Å². The van der Waals surface area contributed by atoms with Crippen LogP contribution in [0.1, 0.15) is 10.4 Å². The Labute approximate surface area is 97.5 Å². The molecule has 1 aliphatic heterocycles. The number of carbonyl (C=O) groups is 2. The molecule has 0 saturated heterocycles. The molecule has 1 aromatic carbocycles. The first kappa shape index (κ1) is 11.3. The molecule has 0 bridgehead atoms. The smallest absolute Gasteiger partial charge is 0.325 e. The maximum Gasteiger partial charge on any atom is 0.325 e. The highest BCUT2D eigenvalue weighted by Gasteiger charge is 2.16. The second kappa shape index (κ2) is 4.73. The highest BCUT2D eigenvalue weighted by molar-refractivity contribution is 5.96. The Morgan fingerprint density at radius 3 is 2.88 bits per heavy atom. The van der Waals surface area contributed by atoms with Gasteiger partial charge in [-0.3, -0.25) is 9.59 Å². The van der Waals surface area contributed by atoms with Gasteiger partial charge in [0, 0.05) is 5.56 Å². The third-order valence-corrected chi connectivity index (χ3v) is 2.26. The molecule has 0 fully saturated rings. The maximum atomic E-state index is 11.6. The zero-order chi connectivity index (χ0) is 12.3. The van der Waals surface area contributed by atoms with Gasteiger partial charge in [0.1, 0.15) is 6.54 Å². The second-order valence-corrected chi connectivity index (χ2v) is 3.33. The minimum Gasteiger partial charge on any atom is -0.468 e. The Morgan fingerprint density at radius 1 is 1.35 bits per heavy atom. The minimum atomic E-state index is -0.501. The van der Waals surface area contributed by atoms with Crippen molar-refractivity contribution in [3.05, 3.63) is 23.8 Å². The van der Waals surface area contributed by atoms with E-state index in [4.69, 9.17) is 9.47 Å². The standard InChI is InChI=1S/C11H11NO5/c1-15-10(13)5-12-11(14)7-2-3-8-9(4-7)17-6-16-8/h2-4H,5-6H2,1H3,(H,12,14). The van der Waals surface area contributed by atoms with E-state index < -0.39 is 5.97 Å². The van der Waals surface area contributed by atoms with Crippen LogP contribution in [0.15, 0.2) is 18.2 Å². The molecule has 90 valence electrons. The van der Waals surface area contributed by atoms with Crippen molar-refractivity contribution in [2.24, 2.45) is 0 Å². The number of fused-ring (bicyclic) bond motifs is 1. The summed E-state index contributed by atoms with van der Waals surface area (Å²) in [4.78, 5) is 22.5. The van der Waals surface area contributed by atoms with Crippen LogP contribution in [-0.2, 0) is 9.53 Å². The first-order chi connectivity index (χ1) is 8.20. The molecular weight excluding hydrogens is 226 g/mol. The van der Waals surface area contributed by atoms with Crippen LogP contribution in [0.4, 0.5) is 0 Å². The largest absolute Gasteiger partial charge is 0.468 e. The van der Waals surface area contributed by atoms with Crippen LogP contribution in [-0.4, -0.2) is 32.3 Å². The van der Waals surface area contributed by atoms with Gasteiger partial charge in [-0.1, -0.05) is 0 Å². The number of ether oxygens (including phenoxy) is 3. The van der Waals surface area contributed by atoms with Crippen molar-refractivity contribution < 1.29 is 23.8 Å². The van der Waals surface area contributed by atoms with Crippen molar-refractivity contribution in [1.82, 2.24) is 5.32 Å². The average molecular weight is 237 g/mol. The van der Waals surface area contributed by atoms with E-state index in [0.29, 0.717) is 17.1 Å². The Hall–Kier alpha value is -2.24. The summed E-state index contributed by atoms with van der Waals surface area (Å²) < 4.78 is 14.7. The van der Waals surface area contributed by atoms with E-state index >= 15 is 0 Å². The van der Waals surface area contributed by atoms with Crippen LogP contribution >= 0.6 is 0 Å². The van der Waals surface area contributed by atoms with Crippen molar-refractivity contribution in [2.75, 3.05) is 20.4 Å². The number of esters is 1. The van der Waals surface area contributed by atoms with Crippen LogP contribution < -0.4 is 14.8 Å². The molecule has 0 spiro atoms. The average Bonchev–Trinajstić information content (AvgIpc) is 2.82. The SMILES string of the molecule is COC(=O)CNC(=O)c1ccc2c(c1)OCO2. The number of amides is 1. The molecule has 0 aromatic heterocycles. The van der Waals surface area contributed by atoms with Gasteiger partial charge in [-0.15, -0.1) is 0 Å². The summed E-state index contributed by atoms with van der Waals surface area (Å²) in [6.07, 6.45) is 0. The molecule has 0 saturated carbocycles. The number of methoxy groups -OCH3 is 1. The Morgan fingerprint density at radius 2 is 2.12 bits per heavy atom. The predicted molar refractivity (Wildman–Crippen MR) is 56.9 cm³/mol. The van der Waals surface area contributed by atoms with Crippen molar-refractivity contribution in [3.8, 4) is 11.5 Å². The monoisotopic (exact) mass is 237 g/mol. The lowest BCUT2D eigenvalue weighted by molar-refractivity contribution is -0.139. The van der Waals surface area contributed by atoms with Crippen molar-refractivity contribution in [3.63, 3.8) is 0 Å². The summed E-state index contributed by atoms with van der Waals surface area (Å²) >= 11 is 0. The Bertz CT molecular complexity index is 457. The van der Waals surface area contributed by atoms with Crippen LogP contribution in [0.5, 0.6) is 11.5 Å². The first-order valence-corrected chi connectivity index (χ1v) is 4.95. The number of benzene rings is 1. The molecule has 0 unspecified atom stereocenters. The molecule has 0 aliphatic carbocycles. The van der Waals surface area contributed by atoms with Gasteiger partial charge in [0.05, 0.1) is 7.11 Å². The Kier molecular flexibility index (Phi) is 3.13. The van der Waals surface area contributed by atoms with Crippen molar-refractivity contribution in [1.29, 1.82) is 0 Å². The zero-order valence-corrected chi connectivity index (χ0v) is 9.19. The topological polar surface area (TPSA) is 73.9 Å². The lowest BCUT2D eigenvalue weighted by Crippen LogP contribution is -2.30. The molecule has 2 rings (SSSR count). The van der Waals surface area contributed by atoms with Crippen molar-refractivity contribution >= 4 is 11.9 Å². The van der Waals surface area contributed by atoms with E-state index in [1.54, 1.807) is 18.2 Å². The zero-order valence-electron chi connectivity index (χ0n) is 9.19. The molecule has 6 nitrogen and oxygen atoms in total. The number of carbonyl (C=O) groups excluding carboxylic acids is 2. The lowest BCUT2D eigenvalue weighted by atomic mass is 10.2. The Balaban J connectivity index is 2.02. The van der Waals surface area contributed by atoms with Gasteiger partial charge in [0.15, 0.2) is 11.5 Å². The fraction of sp³-hybridized carbons (Fsp3) is 0.273. The molecule has 0 atom stereocenters. The van der Waals surface area contributed by atoms with Gasteiger partial charge in [-0.05, 0) is 18.2 Å². The number of hydrogen-bond acceptors (Lipinski definition) is 5. The predicted octanol–water partition coefficient (Wildman–Crippen LogP) is 0.318. The fourth-order valence-electron chi connectivity index (χ4n) is 1.36. The lowest BCUT2D eigenvalue weighted by Gasteiger charge is -2.04. The van der Waals surface area contributed by atoms with Gasteiger partial charge in [-0.25, -0.2) is 0 Å². The summed E-state index contributed by atoms with van der Waals surface area (Å²) in [5, 5.41) is 2.43. The molecule has 1 aliphatic rings. The first-order valence-electron chi connectivity index (χ1n) is 4.95. The highest BCUT2D eigenvalue weighted by Crippen LogP contribution is 2.32. The van der Waals surface area contributed by atoms with Crippen molar-refractivity contribution in [2.45, 2.75) is 0 Å². The number of nitrogens with one attached hydrogen (secondary N) is 1. The molecule has 1 heterocycles. The van der Waals surface area contributed by atoms with Gasteiger partial charge in [-0.2, -0.15) is 0 Å². The van der Waals surface area contributed by atoms with E-state index in [0.717, 1.165) is 0 Å². The summed E-state index contributed by atoms with van der Waals surface area (Å²) in [6.45, 7) is -0.00760. The molecular formula is C11H11NO5. The number of rotatable bonds is 3. The molecule has 1 amide bonds. The van der Waals surface area contributed by atoms with E-state index in [1.165, 1.54) is 7.11 Å². The third-order valence-electron chi connectivity index (χ3n) is 2.26. The quantitative estimate of drug-likeness (QED) is 0.766. The third kappa shape index (κ3) is 2.47. The van der Waals surface area contributed by atoms with Gasteiger partial charge in [0.25, 0.3) is 5.91 Å². The van der Waals surface area contributed by atoms with E-state index in [2.05, 4.69) is 10.1 Å². The van der Waals surface area contributed by atoms with Gasteiger partial charge < -0.3 is 19.5 Å². The summed E-state index contributed by atoms with van der Waals surface area (Å²) in [7, 11) is 1.26. The summed E-state index contributed by atoms with van der Waals surface area (Å²) in [5.41, 5.74) is 0.401. The van der Waals surface area contributed by atoms with Crippen LogP contribution in [0.25, 0.3) is 0 Å². The highest BCUT2D eigenvalue weighted by atomic mass is 16.7.